The summed E-state index contributed by atoms with van der Waals surface area (Å²) in [6.07, 6.45) is 3.49. The first-order valence-corrected chi connectivity index (χ1v) is 5.30. The zero-order chi connectivity index (χ0) is 10.2. The summed E-state index contributed by atoms with van der Waals surface area (Å²) in [6.45, 7) is 2.04. The Hall–Kier alpha value is -0.610. The van der Waals surface area contributed by atoms with Crippen LogP contribution in [0.5, 0.6) is 0 Å². The van der Waals surface area contributed by atoms with Crippen LogP contribution in [0.2, 0.25) is 0 Å². The molecule has 0 aromatic heterocycles. The maximum absolute atomic E-state index is 10.7. The van der Waals surface area contributed by atoms with Gasteiger partial charge in [0.25, 0.3) is 0 Å². The number of nitrogens with zero attached hydrogens (tertiary/aromatic N) is 1. The Morgan fingerprint density at radius 2 is 2.14 bits per heavy atom. The highest BCUT2D eigenvalue weighted by Gasteiger charge is 2.46. The monoisotopic (exact) mass is 199 g/mol. The smallest absolute Gasteiger partial charge is 0.306 e. The highest BCUT2D eigenvalue weighted by molar-refractivity contribution is 5.68. The van der Waals surface area contributed by atoms with Crippen LogP contribution in [0.4, 0.5) is 0 Å². The molecule has 0 radical (unpaired) electrons. The third-order valence-corrected chi connectivity index (χ3v) is 3.50. The molecule has 80 valence electrons. The van der Waals surface area contributed by atoms with Gasteiger partial charge in [-0.15, -0.1) is 0 Å². The summed E-state index contributed by atoms with van der Waals surface area (Å²) in [5.74, 6) is -0.888. The van der Waals surface area contributed by atoms with Crippen molar-refractivity contribution in [3.05, 3.63) is 0 Å². The Morgan fingerprint density at radius 1 is 1.43 bits per heavy atom. The number of piperidine rings is 1. The standard InChI is InChI=1S/C10H17NO3/c12-9(13)7-10(14)4-2-6-11-5-1-3-8(10)11/h8,14H,1-7H2,(H,12,13). The molecule has 0 aromatic rings. The van der Waals surface area contributed by atoms with Gasteiger partial charge in [0.1, 0.15) is 0 Å². The predicted octanol–water partition coefficient (Wildman–Crippen LogP) is 0.450. The molecule has 2 aliphatic rings. The largest absolute Gasteiger partial charge is 0.481 e. The Kier molecular flexibility index (Phi) is 2.49. The van der Waals surface area contributed by atoms with Gasteiger partial charge in [0.2, 0.25) is 0 Å². The van der Waals surface area contributed by atoms with Gasteiger partial charge in [-0.2, -0.15) is 0 Å². The third-order valence-electron chi connectivity index (χ3n) is 3.50. The molecule has 2 saturated heterocycles. The molecule has 4 heteroatoms. The second-order valence-electron chi connectivity index (χ2n) is 4.47. The lowest BCUT2D eigenvalue weighted by Crippen LogP contribution is -2.54. The molecule has 0 saturated carbocycles. The number of carbonyl (C=O) groups is 1. The fraction of sp³-hybridized carbons (Fsp3) is 0.900. The van der Waals surface area contributed by atoms with Crippen molar-refractivity contribution in [2.45, 2.75) is 43.7 Å². The van der Waals surface area contributed by atoms with Gasteiger partial charge in [0.05, 0.1) is 12.0 Å². The molecule has 2 N–H and O–H groups in total. The number of carboxylic acid groups (broad SMARTS) is 1. The lowest BCUT2D eigenvalue weighted by molar-refractivity contribution is -0.148. The number of hydrogen-bond acceptors (Lipinski definition) is 3. The van der Waals surface area contributed by atoms with E-state index in [2.05, 4.69) is 4.90 Å². The number of hydrogen-bond donors (Lipinski definition) is 2. The molecular formula is C10H17NO3. The van der Waals surface area contributed by atoms with Crippen LogP contribution in [0, 0.1) is 0 Å². The highest BCUT2D eigenvalue weighted by Crippen LogP contribution is 2.36. The molecule has 2 unspecified atom stereocenters. The van der Waals surface area contributed by atoms with Gasteiger partial charge in [-0.1, -0.05) is 0 Å². The third kappa shape index (κ3) is 1.64. The van der Waals surface area contributed by atoms with E-state index in [9.17, 15) is 9.90 Å². The van der Waals surface area contributed by atoms with Crippen molar-refractivity contribution in [1.82, 2.24) is 4.90 Å². The van der Waals surface area contributed by atoms with Gasteiger partial charge in [0, 0.05) is 6.04 Å². The second-order valence-corrected chi connectivity index (χ2v) is 4.47. The van der Waals surface area contributed by atoms with E-state index in [4.69, 9.17) is 5.11 Å². The predicted molar refractivity (Wildman–Crippen MR) is 51.0 cm³/mol. The average molecular weight is 199 g/mol. The van der Waals surface area contributed by atoms with Gasteiger partial charge >= 0.3 is 5.97 Å². The molecule has 4 nitrogen and oxygen atoms in total. The summed E-state index contributed by atoms with van der Waals surface area (Å²) in [4.78, 5) is 12.9. The molecule has 14 heavy (non-hydrogen) atoms. The van der Waals surface area contributed by atoms with Crippen LogP contribution in [0.3, 0.4) is 0 Å². The molecule has 0 spiro atoms. The number of rotatable bonds is 2. The van der Waals surface area contributed by atoms with Crippen LogP contribution in [0.15, 0.2) is 0 Å². The minimum atomic E-state index is -0.972. The first-order valence-electron chi connectivity index (χ1n) is 5.30. The van der Waals surface area contributed by atoms with Crippen LogP contribution in [-0.2, 0) is 4.79 Å². The molecule has 2 rings (SSSR count). The topological polar surface area (TPSA) is 60.8 Å². The van der Waals surface area contributed by atoms with Crippen LogP contribution >= 0.6 is 0 Å². The first-order chi connectivity index (χ1) is 6.62. The van der Waals surface area contributed by atoms with E-state index in [1.54, 1.807) is 0 Å². The van der Waals surface area contributed by atoms with Crippen molar-refractivity contribution < 1.29 is 15.0 Å². The molecule has 0 amide bonds. The minimum absolute atomic E-state index is 0.0901. The SMILES string of the molecule is O=C(O)CC1(O)CCCN2CCCC21. The molecular weight excluding hydrogens is 182 g/mol. The van der Waals surface area contributed by atoms with Crippen LogP contribution in [0.25, 0.3) is 0 Å². The fourth-order valence-corrected chi connectivity index (χ4v) is 2.93. The van der Waals surface area contributed by atoms with E-state index in [1.807, 2.05) is 0 Å². The average Bonchev–Trinajstić information content (AvgIpc) is 2.51. The summed E-state index contributed by atoms with van der Waals surface area (Å²) >= 11 is 0. The van der Waals surface area contributed by atoms with Crippen molar-refractivity contribution in [2.75, 3.05) is 13.1 Å². The summed E-state index contributed by atoms with van der Waals surface area (Å²) in [5.41, 5.74) is -0.972. The van der Waals surface area contributed by atoms with Gasteiger partial charge < -0.3 is 10.2 Å². The molecule has 0 aromatic carbocycles. The normalized spacial score (nSPS) is 38.2. The van der Waals surface area contributed by atoms with Crippen molar-refractivity contribution in [3.8, 4) is 0 Å². The maximum Gasteiger partial charge on any atom is 0.306 e. The molecule has 0 bridgehead atoms. The van der Waals surface area contributed by atoms with Crippen molar-refractivity contribution >= 4 is 5.97 Å². The Labute approximate surface area is 83.5 Å². The zero-order valence-corrected chi connectivity index (χ0v) is 8.28. The quantitative estimate of drug-likeness (QED) is 0.678. The summed E-state index contributed by atoms with van der Waals surface area (Å²) in [6, 6.07) is 0.0901. The maximum atomic E-state index is 10.7. The molecule has 2 atom stereocenters. The van der Waals surface area contributed by atoms with Gasteiger partial charge in [-0.05, 0) is 38.8 Å². The van der Waals surface area contributed by atoms with E-state index in [0.717, 1.165) is 32.4 Å². The Balaban J connectivity index is 2.11. The fourth-order valence-electron chi connectivity index (χ4n) is 2.93. The minimum Gasteiger partial charge on any atom is -0.481 e. The van der Waals surface area contributed by atoms with E-state index in [0.29, 0.717) is 6.42 Å². The lowest BCUT2D eigenvalue weighted by atomic mass is 9.82. The molecule has 2 heterocycles. The lowest BCUT2D eigenvalue weighted by Gasteiger charge is -2.42. The van der Waals surface area contributed by atoms with Crippen LogP contribution < -0.4 is 0 Å². The van der Waals surface area contributed by atoms with Crippen LogP contribution in [-0.4, -0.2) is 45.8 Å². The summed E-state index contributed by atoms with van der Waals surface area (Å²) in [7, 11) is 0. The van der Waals surface area contributed by atoms with E-state index in [-0.39, 0.29) is 12.5 Å². The van der Waals surface area contributed by atoms with E-state index >= 15 is 0 Å². The van der Waals surface area contributed by atoms with Crippen LogP contribution in [0.1, 0.15) is 32.1 Å². The molecule has 0 aliphatic carbocycles. The summed E-state index contributed by atoms with van der Waals surface area (Å²) in [5, 5.41) is 19.1. The first kappa shape index (κ1) is 9.93. The number of aliphatic hydroxyl groups is 1. The number of carboxylic acids is 1. The van der Waals surface area contributed by atoms with Gasteiger partial charge in [-0.3, -0.25) is 9.69 Å². The highest BCUT2D eigenvalue weighted by atomic mass is 16.4. The summed E-state index contributed by atoms with van der Waals surface area (Å²) < 4.78 is 0. The van der Waals surface area contributed by atoms with E-state index < -0.39 is 11.6 Å². The van der Waals surface area contributed by atoms with E-state index in [1.165, 1.54) is 0 Å². The van der Waals surface area contributed by atoms with Crippen molar-refractivity contribution in [3.63, 3.8) is 0 Å². The molecule has 2 aliphatic heterocycles. The Bertz CT molecular complexity index is 244. The Morgan fingerprint density at radius 3 is 2.86 bits per heavy atom. The zero-order valence-electron chi connectivity index (χ0n) is 8.28. The van der Waals surface area contributed by atoms with Crippen molar-refractivity contribution in [1.29, 1.82) is 0 Å². The number of aliphatic carboxylic acids is 1. The molecule has 2 fully saturated rings. The van der Waals surface area contributed by atoms with Gasteiger partial charge in [0.15, 0.2) is 0 Å². The van der Waals surface area contributed by atoms with Crippen molar-refractivity contribution in [2.24, 2.45) is 0 Å². The van der Waals surface area contributed by atoms with Gasteiger partial charge in [-0.25, -0.2) is 0 Å². The number of fused-ring (bicyclic) bond motifs is 1. The second kappa shape index (κ2) is 3.51.